The van der Waals surface area contributed by atoms with Gasteiger partial charge in [0.2, 0.25) is 0 Å². The molecule has 0 fully saturated rings. The van der Waals surface area contributed by atoms with Crippen LogP contribution >= 0.6 is 27.5 Å². The molecule has 15 heavy (non-hydrogen) atoms. The Bertz CT molecular complexity index is 376. The van der Waals surface area contributed by atoms with Gasteiger partial charge in [0, 0.05) is 15.4 Å². The van der Waals surface area contributed by atoms with Crippen molar-refractivity contribution in [2.75, 3.05) is 6.61 Å². The molecule has 1 atom stereocenters. The van der Waals surface area contributed by atoms with Gasteiger partial charge in [-0.2, -0.15) is 0 Å². The van der Waals surface area contributed by atoms with E-state index in [0.717, 1.165) is 34.7 Å². The summed E-state index contributed by atoms with van der Waals surface area (Å²) in [4.78, 5) is 0. The van der Waals surface area contributed by atoms with E-state index in [4.69, 9.17) is 16.3 Å². The van der Waals surface area contributed by atoms with E-state index in [-0.39, 0.29) is 0 Å². The second-order valence-corrected chi connectivity index (χ2v) is 5.13. The number of hydrogen-bond acceptors (Lipinski definition) is 1. The highest BCUT2D eigenvalue weighted by Crippen LogP contribution is 2.28. The van der Waals surface area contributed by atoms with Gasteiger partial charge in [-0.1, -0.05) is 39.7 Å². The second kappa shape index (κ2) is 5.04. The molecule has 3 heteroatoms. The lowest BCUT2D eigenvalue weighted by Crippen LogP contribution is -2.08. The van der Waals surface area contributed by atoms with Gasteiger partial charge in [0.25, 0.3) is 0 Å². The largest absolute Gasteiger partial charge is 0.493 e. The molecule has 1 aromatic rings. The first-order valence-corrected chi connectivity index (χ1v) is 6.14. The van der Waals surface area contributed by atoms with Crippen LogP contribution in [0.5, 0.6) is 5.75 Å². The molecule has 0 bridgehead atoms. The van der Waals surface area contributed by atoms with Gasteiger partial charge in [0.15, 0.2) is 0 Å². The smallest absolute Gasteiger partial charge is 0.120 e. The summed E-state index contributed by atoms with van der Waals surface area (Å²) in [5.74, 6) is 1.45. The van der Waals surface area contributed by atoms with E-state index in [2.05, 4.69) is 22.0 Å². The van der Waals surface area contributed by atoms with Crippen molar-refractivity contribution in [3.05, 3.63) is 39.8 Å². The molecule has 0 aromatic heterocycles. The van der Waals surface area contributed by atoms with Crippen molar-refractivity contribution in [2.45, 2.75) is 12.8 Å². The SMILES string of the molecule is ClC1=CC[C@H](COc2cccc(Br)c2)C1. The number of halogens is 2. The van der Waals surface area contributed by atoms with E-state index >= 15 is 0 Å². The Hall–Kier alpha value is -0.470. The van der Waals surface area contributed by atoms with E-state index < -0.39 is 0 Å². The van der Waals surface area contributed by atoms with Crippen molar-refractivity contribution >= 4 is 27.5 Å². The third-order valence-corrected chi connectivity index (χ3v) is 3.24. The second-order valence-electron chi connectivity index (χ2n) is 3.73. The summed E-state index contributed by atoms with van der Waals surface area (Å²) >= 11 is 9.33. The Morgan fingerprint density at radius 3 is 3.00 bits per heavy atom. The zero-order valence-corrected chi connectivity index (χ0v) is 10.6. The Labute approximate surface area is 103 Å². The third-order valence-electron chi connectivity index (χ3n) is 2.44. The van der Waals surface area contributed by atoms with E-state index in [1.807, 2.05) is 24.3 Å². The van der Waals surface area contributed by atoms with E-state index in [9.17, 15) is 0 Å². The quantitative estimate of drug-likeness (QED) is 0.802. The van der Waals surface area contributed by atoms with Crippen molar-refractivity contribution in [3.8, 4) is 5.75 Å². The fraction of sp³-hybridized carbons (Fsp3) is 0.333. The van der Waals surface area contributed by atoms with Crippen molar-refractivity contribution in [1.29, 1.82) is 0 Å². The lowest BCUT2D eigenvalue weighted by Gasteiger charge is -2.11. The maximum atomic E-state index is 5.91. The molecular weight excluding hydrogens is 275 g/mol. The number of hydrogen-bond donors (Lipinski definition) is 0. The van der Waals surface area contributed by atoms with Crippen LogP contribution < -0.4 is 4.74 Å². The average molecular weight is 288 g/mol. The Morgan fingerprint density at radius 1 is 1.47 bits per heavy atom. The number of benzene rings is 1. The van der Waals surface area contributed by atoms with Crippen LogP contribution in [0, 0.1) is 5.92 Å². The molecule has 80 valence electrons. The lowest BCUT2D eigenvalue weighted by molar-refractivity contribution is 0.255. The summed E-state index contributed by atoms with van der Waals surface area (Å²) in [6.45, 7) is 0.739. The van der Waals surface area contributed by atoms with Crippen LogP contribution in [-0.4, -0.2) is 6.61 Å². The number of ether oxygens (including phenoxy) is 1. The Balaban J connectivity index is 1.84. The van der Waals surface area contributed by atoms with Gasteiger partial charge in [-0.15, -0.1) is 0 Å². The third kappa shape index (κ3) is 3.25. The van der Waals surface area contributed by atoms with Crippen LogP contribution in [0.1, 0.15) is 12.8 Å². The zero-order valence-electron chi connectivity index (χ0n) is 8.25. The first-order valence-electron chi connectivity index (χ1n) is 4.97. The molecule has 0 radical (unpaired) electrons. The molecule has 0 saturated carbocycles. The molecule has 0 unspecified atom stereocenters. The van der Waals surface area contributed by atoms with Gasteiger partial charge in [-0.3, -0.25) is 0 Å². The van der Waals surface area contributed by atoms with Crippen molar-refractivity contribution in [2.24, 2.45) is 5.92 Å². The lowest BCUT2D eigenvalue weighted by atomic mass is 10.1. The summed E-state index contributed by atoms with van der Waals surface area (Å²) < 4.78 is 6.74. The van der Waals surface area contributed by atoms with Crippen LogP contribution in [0.2, 0.25) is 0 Å². The van der Waals surface area contributed by atoms with Crippen LogP contribution in [-0.2, 0) is 0 Å². The predicted octanol–water partition coefficient (Wildman–Crippen LogP) is 4.36. The molecular formula is C12H12BrClO. The first-order chi connectivity index (χ1) is 7.24. The summed E-state index contributed by atoms with van der Waals surface area (Å²) in [7, 11) is 0. The van der Waals surface area contributed by atoms with Gasteiger partial charge in [-0.25, -0.2) is 0 Å². The number of allylic oxidation sites excluding steroid dienone is 2. The standard InChI is InChI=1S/C12H12BrClO/c13-10-2-1-3-12(7-10)15-8-9-4-5-11(14)6-9/h1-3,5,7,9H,4,6,8H2/t9-/m0/s1. The van der Waals surface area contributed by atoms with Gasteiger partial charge in [0.1, 0.15) is 5.75 Å². The van der Waals surface area contributed by atoms with E-state index in [0.29, 0.717) is 5.92 Å². The normalized spacial score (nSPS) is 20.1. The summed E-state index contributed by atoms with van der Waals surface area (Å²) in [6, 6.07) is 7.90. The minimum Gasteiger partial charge on any atom is -0.493 e. The highest BCUT2D eigenvalue weighted by Gasteiger charge is 2.16. The zero-order chi connectivity index (χ0) is 10.7. The highest BCUT2D eigenvalue weighted by atomic mass is 79.9. The fourth-order valence-corrected chi connectivity index (χ4v) is 2.32. The van der Waals surface area contributed by atoms with Gasteiger partial charge in [0.05, 0.1) is 6.61 Å². The molecule has 0 heterocycles. The van der Waals surface area contributed by atoms with Gasteiger partial charge < -0.3 is 4.74 Å². The molecule has 1 aliphatic rings. The monoisotopic (exact) mass is 286 g/mol. The minimum absolute atomic E-state index is 0.538. The topological polar surface area (TPSA) is 9.23 Å². The van der Waals surface area contributed by atoms with Gasteiger partial charge in [-0.05, 0) is 31.0 Å². The van der Waals surface area contributed by atoms with Crippen LogP contribution in [0.3, 0.4) is 0 Å². The molecule has 0 amide bonds. The van der Waals surface area contributed by atoms with E-state index in [1.165, 1.54) is 0 Å². The fourth-order valence-electron chi connectivity index (χ4n) is 1.63. The maximum Gasteiger partial charge on any atom is 0.120 e. The van der Waals surface area contributed by atoms with Crippen molar-refractivity contribution in [3.63, 3.8) is 0 Å². The van der Waals surface area contributed by atoms with Crippen LogP contribution in [0.4, 0.5) is 0 Å². The highest BCUT2D eigenvalue weighted by molar-refractivity contribution is 9.10. The summed E-state index contributed by atoms with van der Waals surface area (Å²) in [5.41, 5.74) is 0. The average Bonchev–Trinajstić information content (AvgIpc) is 2.62. The summed E-state index contributed by atoms with van der Waals surface area (Å²) in [5, 5.41) is 0.970. The molecule has 1 aliphatic carbocycles. The van der Waals surface area contributed by atoms with Gasteiger partial charge >= 0.3 is 0 Å². The van der Waals surface area contributed by atoms with E-state index in [1.54, 1.807) is 0 Å². The van der Waals surface area contributed by atoms with Crippen molar-refractivity contribution in [1.82, 2.24) is 0 Å². The maximum absolute atomic E-state index is 5.91. The molecule has 1 nitrogen and oxygen atoms in total. The molecule has 0 aliphatic heterocycles. The number of rotatable bonds is 3. The van der Waals surface area contributed by atoms with Crippen LogP contribution in [0.15, 0.2) is 39.8 Å². The Morgan fingerprint density at radius 2 is 2.33 bits per heavy atom. The van der Waals surface area contributed by atoms with Crippen molar-refractivity contribution < 1.29 is 4.74 Å². The summed E-state index contributed by atoms with van der Waals surface area (Å²) in [6.07, 6.45) is 4.07. The molecule has 2 rings (SSSR count). The first kappa shape index (κ1) is 11.0. The predicted molar refractivity (Wildman–Crippen MR) is 66.3 cm³/mol. The molecule has 0 saturated heterocycles. The molecule has 0 N–H and O–H groups in total. The van der Waals surface area contributed by atoms with Crippen LogP contribution in [0.25, 0.3) is 0 Å². The minimum atomic E-state index is 0.538. The Kier molecular flexibility index (Phi) is 3.71. The molecule has 0 spiro atoms. The molecule has 1 aromatic carbocycles.